The Hall–Kier alpha value is -0.390. The third-order valence-electron chi connectivity index (χ3n) is 1.91. The van der Waals surface area contributed by atoms with Crippen molar-refractivity contribution in [2.75, 3.05) is 25.2 Å². The molecule has 0 aliphatic heterocycles. The van der Waals surface area contributed by atoms with Crippen LogP contribution in [-0.2, 0) is 21.3 Å². The van der Waals surface area contributed by atoms with Crippen LogP contribution in [0.4, 0.5) is 5.69 Å². The van der Waals surface area contributed by atoms with Crippen molar-refractivity contribution in [3.8, 4) is 0 Å². The van der Waals surface area contributed by atoms with Crippen molar-refractivity contribution in [3.05, 3.63) is 28.2 Å². The molecule has 0 fully saturated rings. The molecule has 0 bridgehead atoms. The highest BCUT2D eigenvalue weighted by Gasteiger charge is 2.05. The number of hydrogen-bond donors (Lipinski definition) is 1. The summed E-state index contributed by atoms with van der Waals surface area (Å²) in [5.41, 5.74) is 7.33. The zero-order chi connectivity index (χ0) is 11.3. The van der Waals surface area contributed by atoms with Crippen molar-refractivity contribution in [2.45, 2.75) is 5.75 Å². The fourth-order valence-electron chi connectivity index (χ4n) is 1.10. The van der Waals surface area contributed by atoms with Gasteiger partial charge in [0.05, 0.1) is 6.61 Å². The lowest BCUT2D eigenvalue weighted by Gasteiger charge is -2.05. The molecule has 1 aromatic rings. The molecular formula is C10H14BrNO2S. The number of halogens is 1. The molecule has 5 heteroatoms. The Labute approximate surface area is 101 Å². The van der Waals surface area contributed by atoms with Gasteiger partial charge in [-0.1, -0.05) is 22.0 Å². The maximum atomic E-state index is 11.6. The second-order valence-electron chi connectivity index (χ2n) is 3.13. The smallest absolute Gasteiger partial charge is 0.0577 e. The lowest BCUT2D eigenvalue weighted by Crippen LogP contribution is -2.06. The summed E-state index contributed by atoms with van der Waals surface area (Å²) in [6, 6.07) is 5.53. The van der Waals surface area contributed by atoms with Gasteiger partial charge in [-0.25, -0.2) is 0 Å². The van der Waals surface area contributed by atoms with Crippen LogP contribution in [0.25, 0.3) is 0 Å². The molecule has 0 saturated carbocycles. The molecule has 0 radical (unpaired) electrons. The molecule has 0 aliphatic carbocycles. The SMILES string of the molecule is COCCS(=O)Cc1ccc(N)cc1Br. The van der Waals surface area contributed by atoms with Gasteiger partial charge in [-0.15, -0.1) is 0 Å². The predicted molar refractivity (Wildman–Crippen MR) is 67.1 cm³/mol. The summed E-state index contributed by atoms with van der Waals surface area (Å²) in [5.74, 6) is 1.09. The molecule has 1 aromatic carbocycles. The summed E-state index contributed by atoms with van der Waals surface area (Å²) in [6.07, 6.45) is 0. The van der Waals surface area contributed by atoms with Crippen LogP contribution >= 0.6 is 15.9 Å². The van der Waals surface area contributed by atoms with E-state index in [1.165, 1.54) is 0 Å². The number of anilines is 1. The third kappa shape index (κ3) is 4.32. The Morgan fingerprint density at radius 1 is 1.53 bits per heavy atom. The van der Waals surface area contributed by atoms with E-state index in [0.29, 0.717) is 23.8 Å². The molecular weight excluding hydrogens is 278 g/mol. The normalized spacial score (nSPS) is 12.7. The molecule has 0 aliphatic rings. The van der Waals surface area contributed by atoms with Crippen molar-refractivity contribution in [1.82, 2.24) is 0 Å². The number of nitrogen functional groups attached to an aromatic ring is 1. The first-order valence-corrected chi connectivity index (χ1v) is 6.79. The molecule has 0 spiro atoms. The average molecular weight is 292 g/mol. The quantitative estimate of drug-likeness (QED) is 0.844. The maximum Gasteiger partial charge on any atom is 0.0577 e. The van der Waals surface area contributed by atoms with Gasteiger partial charge >= 0.3 is 0 Å². The first-order chi connectivity index (χ1) is 7.13. The van der Waals surface area contributed by atoms with E-state index in [-0.39, 0.29) is 0 Å². The molecule has 15 heavy (non-hydrogen) atoms. The van der Waals surface area contributed by atoms with Crippen LogP contribution in [0.3, 0.4) is 0 Å². The van der Waals surface area contributed by atoms with Crippen molar-refractivity contribution >= 4 is 32.4 Å². The summed E-state index contributed by atoms with van der Waals surface area (Å²) >= 11 is 3.40. The first-order valence-electron chi connectivity index (χ1n) is 4.51. The number of methoxy groups -OCH3 is 1. The van der Waals surface area contributed by atoms with Gasteiger partial charge in [-0.05, 0) is 17.7 Å². The molecule has 0 heterocycles. The highest BCUT2D eigenvalue weighted by atomic mass is 79.9. The minimum absolute atomic E-state index is 0.527. The summed E-state index contributed by atoms with van der Waals surface area (Å²) in [7, 11) is 0.724. The van der Waals surface area contributed by atoms with Crippen LogP contribution in [0, 0.1) is 0 Å². The van der Waals surface area contributed by atoms with E-state index in [9.17, 15) is 4.21 Å². The molecule has 0 saturated heterocycles. The zero-order valence-electron chi connectivity index (χ0n) is 8.53. The van der Waals surface area contributed by atoms with Crippen LogP contribution in [0.5, 0.6) is 0 Å². The average Bonchev–Trinajstić information content (AvgIpc) is 2.19. The van der Waals surface area contributed by atoms with Crippen LogP contribution in [0.1, 0.15) is 5.56 Å². The van der Waals surface area contributed by atoms with Crippen molar-refractivity contribution in [2.24, 2.45) is 0 Å². The maximum absolute atomic E-state index is 11.6. The first kappa shape index (κ1) is 12.7. The van der Waals surface area contributed by atoms with Gasteiger partial charge in [0, 0.05) is 39.6 Å². The predicted octanol–water partition coefficient (Wildman–Crippen LogP) is 1.93. The minimum atomic E-state index is -0.884. The van der Waals surface area contributed by atoms with Crippen molar-refractivity contribution in [3.63, 3.8) is 0 Å². The molecule has 84 valence electrons. The van der Waals surface area contributed by atoms with Gasteiger partial charge in [0.1, 0.15) is 0 Å². The van der Waals surface area contributed by atoms with Crippen LogP contribution in [0.15, 0.2) is 22.7 Å². The van der Waals surface area contributed by atoms with Gasteiger partial charge in [0.15, 0.2) is 0 Å². The number of hydrogen-bond acceptors (Lipinski definition) is 3. The second-order valence-corrected chi connectivity index (χ2v) is 5.56. The van der Waals surface area contributed by atoms with E-state index in [1.807, 2.05) is 18.2 Å². The number of benzene rings is 1. The Balaban J connectivity index is 2.60. The topological polar surface area (TPSA) is 52.3 Å². The van der Waals surface area contributed by atoms with Crippen LogP contribution in [-0.4, -0.2) is 23.7 Å². The van der Waals surface area contributed by atoms with Gasteiger partial charge < -0.3 is 10.5 Å². The van der Waals surface area contributed by atoms with Crippen LogP contribution in [0.2, 0.25) is 0 Å². The van der Waals surface area contributed by atoms with Gasteiger partial charge in [-0.3, -0.25) is 4.21 Å². The van der Waals surface area contributed by atoms with E-state index in [1.54, 1.807) is 7.11 Å². The summed E-state index contributed by atoms with van der Waals surface area (Å²) in [5, 5.41) is 0. The summed E-state index contributed by atoms with van der Waals surface area (Å²) in [4.78, 5) is 0. The van der Waals surface area contributed by atoms with E-state index in [2.05, 4.69) is 15.9 Å². The number of nitrogens with two attached hydrogens (primary N) is 1. The van der Waals surface area contributed by atoms with Crippen molar-refractivity contribution < 1.29 is 8.95 Å². The van der Waals surface area contributed by atoms with E-state index in [4.69, 9.17) is 10.5 Å². The minimum Gasteiger partial charge on any atom is -0.399 e. The summed E-state index contributed by atoms with van der Waals surface area (Å²) < 4.78 is 17.4. The Morgan fingerprint density at radius 3 is 2.87 bits per heavy atom. The largest absolute Gasteiger partial charge is 0.399 e. The molecule has 2 N–H and O–H groups in total. The molecule has 0 aromatic heterocycles. The fourth-order valence-corrected chi connectivity index (χ4v) is 2.92. The number of rotatable bonds is 5. The van der Waals surface area contributed by atoms with Gasteiger partial charge in [0.2, 0.25) is 0 Å². The lowest BCUT2D eigenvalue weighted by atomic mass is 10.2. The molecule has 1 unspecified atom stereocenters. The van der Waals surface area contributed by atoms with Crippen molar-refractivity contribution in [1.29, 1.82) is 0 Å². The van der Waals surface area contributed by atoms with Gasteiger partial charge in [-0.2, -0.15) is 0 Å². The zero-order valence-corrected chi connectivity index (χ0v) is 10.9. The highest BCUT2D eigenvalue weighted by molar-refractivity contribution is 9.10. The standard InChI is InChI=1S/C10H14BrNO2S/c1-14-4-5-15(13)7-8-2-3-9(12)6-10(8)11/h2-3,6H,4-5,7,12H2,1H3. The third-order valence-corrected chi connectivity index (χ3v) is 3.90. The Bertz CT molecular complexity index is 357. The van der Waals surface area contributed by atoms with E-state index in [0.717, 1.165) is 10.0 Å². The molecule has 0 amide bonds. The van der Waals surface area contributed by atoms with E-state index >= 15 is 0 Å². The molecule has 1 atom stereocenters. The lowest BCUT2D eigenvalue weighted by molar-refractivity contribution is 0.218. The molecule has 1 rings (SSSR count). The monoisotopic (exact) mass is 291 g/mol. The molecule has 3 nitrogen and oxygen atoms in total. The Kier molecular flexibility index (Phi) is 5.28. The fraction of sp³-hybridized carbons (Fsp3) is 0.400. The number of ether oxygens (including phenoxy) is 1. The second kappa shape index (κ2) is 6.25. The highest BCUT2D eigenvalue weighted by Crippen LogP contribution is 2.21. The van der Waals surface area contributed by atoms with Crippen LogP contribution < -0.4 is 5.73 Å². The Morgan fingerprint density at radius 2 is 2.27 bits per heavy atom. The summed E-state index contributed by atoms with van der Waals surface area (Å²) in [6.45, 7) is 0.527. The van der Waals surface area contributed by atoms with Gasteiger partial charge in [0.25, 0.3) is 0 Å². The van der Waals surface area contributed by atoms with E-state index < -0.39 is 10.8 Å².